The second kappa shape index (κ2) is 4.11. The molecular formula is C9H2F7N3O2. The molecular weight excluding hydrogens is 315 g/mol. The van der Waals surface area contributed by atoms with Gasteiger partial charge in [0.1, 0.15) is 5.36 Å². The van der Waals surface area contributed by atoms with E-state index in [4.69, 9.17) is 0 Å². The lowest BCUT2D eigenvalue weighted by Gasteiger charge is -2.27. The van der Waals surface area contributed by atoms with Crippen molar-refractivity contribution in [3.63, 3.8) is 0 Å². The van der Waals surface area contributed by atoms with Crippen molar-refractivity contribution in [2.45, 2.75) is 18.0 Å². The Labute approximate surface area is 109 Å². The maximum Gasteiger partial charge on any atom is 0.443 e. The van der Waals surface area contributed by atoms with Gasteiger partial charge in [-0.05, 0) is 6.07 Å². The van der Waals surface area contributed by atoms with E-state index in [0.29, 0.717) is 12.1 Å². The van der Waals surface area contributed by atoms with E-state index in [-0.39, 0.29) is 0 Å². The van der Waals surface area contributed by atoms with Gasteiger partial charge in [0.2, 0.25) is 0 Å². The SMILES string of the molecule is O=[N+]([O-])c1ccc(F)c2c1=NC(C(F)(F)F)(C(F)(F)F)N=2. The molecule has 1 aliphatic heterocycles. The Hall–Kier alpha value is -2.27. The summed E-state index contributed by atoms with van der Waals surface area (Å²) in [7, 11) is 0. The van der Waals surface area contributed by atoms with Crippen LogP contribution in [0.2, 0.25) is 0 Å². The molecule has 0 saturated carbocycles. The Morgan fingerprint density at radius 2 is 1.48 bits per heavy atom. The molecule has 1 aromatic rings. The minimum absolute atomic E-state index is 0.346. The number of rotatable bonds is 1. The highest BCUT2D eigenvalue weighted by Crippen LogP contribution is 2.47. The average Bonchev–Trinajstić information content (AvgIpc) is 2.69. The third kappa shape index (κ3) is 2.01. The lowest BCUT2D eigenvalue weighted by atomic mass is 10.1. The molecule has 0 N–H and O–H groups in total. The molecule has 0 spiro atoms. The van der Waals surface area contributed by atoms with Crippen molar-refractivity contribution in [2.24, 2.45) is 9.98 Å². The van der Waals surface area contributed by atoms with E-state index in [1.54, 1.807) is 0 Å². The van der Waals surface area contributed by atoms with Crippen molar-refractivity contribution >= 4 is 5.69 Å². The molecule has 1 aliphatic rings. The monoisotopic (exact) mass is 317 g/mol. The van der Waals surface area contributed by atoms with Crippen molar-refractivity contribution in [1.29, 1.82) is 0 Å². The predicted octanol–water partition coefficient (Wildman–Crippen LogP) is 1.81. The normalized spacial score (nSPS) is 16.9. The van der Waals surface area contributed by atoms with Crippen LogP contribution in [0.4, 0.5) is 36.4 Å². The molecule has 0 bridgehead atoms. The molecule has 2 rings (SSSR count). The summed E-state index contributed by atoms with van der Waals surface area (Å²) in [6.07, 6.45) is -12.1. The molecule has 1 aromatic carbocycles. The zero-order chi connectivity index (χ0) is 16.2. The fraction of sp³-hybridized carbons (Fsp3) is 0.333. The molecule has 0 saturated heterocycles. The number of nitro groups is 1. The van der Waals surface area contributed by atoms with E-state index < -0.39 is 45.2 Å². The summed E-state index contributed by atoms with van der Waals surface area (Å²) in [6, 6.07) is 0.759. The first-order valence-electron chi connectivity index (χ1n) is 4.97. The Morgan fingerprint density at radius 3 is 1.90 bits per heavy atom. The highest BCUT2D eigenvalue weighted by atomic mass is 19.4. The molecule has 0 unspecified atom stereocenters. The summed E-state index contributed by atoms with van der Waals surface area (Å²) in [4.78, 5) is 13.9. The first kappa shape index (κ1) is 15.1. The lowest BCUT2D eigenvalue weighted by Crippen LogP contribution is -2.53. The molecule has 0 aromatic heterocycles. The molecule has 5 nitrogen and oxygen atoms in total. The number of benzene rings is 1. The summed E-state index contributed by atoms with van der Waals surface area (Å²) in [6.45, 7) is 0. The van der Waals surface area contributed by atoms with E-state index in [0.717, 1.165) is 0 Å². The van der Waals surface area contributed by atoms with Crippen LogP contribution in [0.15, 0.2) is 22.1 Å². The first-order chi connectivity index (χ1) is 9.41. The molecule has 0 atom stereocenters. The Morgan fingerprint density at radius 1 is 1.00 bits per heavy atom. The van der Waals surface area contributed by atoms with E-state index in [2.05, 4.69) is 9.98 Å². The van der Waals surface area contributed by atoms with E-state index >= 15 is 0 Å². The van der Waals surface area contributed by atoms with Crippen LogP contribution in [0.3, 0.4) is 0 Å². The number of fused-ring (bicyclic) bond motifs is 1. The van der Waals surface area contributed by atoms with Crippen LogP contribution >= 0.6 is 0 Å². The lowest BCUT2D eigenvalue weighted by molar-refractivity contribution is -0.386. The highest BCUT2D eigenvalue weighted by molar-refractivity contribution is 5.31. The second-order valence-electron chi connectivity index (χ2n) is 3.91. The van der Waals surface area contributed by atoms with Crippen LogP contribution in [-0.4, -0.2) is 22.9 Å². The van der Waals surface area contributed by atoms with E-state index in [9.17, 15) is 40.8 Å². The topological polar surface area (TPSA) is 67.9 Å². The van der Waals surface area contributed by atoms with Gasteiger partial charge in [-0.1, -0.05) is 0 Å². The van der Waals surface area contributed by atoms with Crippen molar-refractivity contribution < 1.29 is 35.7 Å². The fourth-order valence-corrected chi connectivity index (χ4v) is 1.67. The van der Waals surface area contributed by atoms with Gasteiger partial charge < -0.3 is 0 Å². The van der Waals surface area contributed by atoms with Gasteiger partial charge in [0.25, 0.3) is 5.69 Å². The molecule has 0 fully saturated rings. The predicted molar refractivity (Wildman–Crippen MR) is 50.2 cm³/mol. The van der Waals surface area contributed by atoms with Crippen LogP contribution in [0.5, 0.6) is 0 Å². The number of nitro benzene ring substituents is 1. The summed E-state index contributed by atoms with van der Waals surface area (Å²) < 4.78 is 89.8. The number of nitrogens with zero attached hydrogens (tertiary/aromatic N) is 3. The third-order valence-corrected chi connectivity index (χ3v) is 2.62. The minimum atomic E-state index is -6.04. The van der Waals surface area contributed by atoms with Crippen molar-refractivity contribution in [3.8, 4) is 0 Å². The minimum Gasteiger partial charge on any atom is -0.258 e. The van der Waals surface area contributed by atoms with Gasteiger partial charge in [-0.2, -0.15) is 26.3 Å². The molecule has 21 heavy (non-hydrogen) atoms. The van der Waals surface area contributed by atoms with Crippen molar-refractivity contribution in [3.05, 3.63) is 38.8 Å². The van der Waals surface area contributed by atoms with Gasteiger partial charge in [-0.25, -0.2) is 14.4 Å². The molecule has 0 amide bonds. The zero-order valence-corrected chi connectivity index (χ0v) is 9.46. The van der Waals surface area contributed by atoms with Gasteiger partial charge in [0, 0.05) is 6.07 Å². The number of hydrogen-bond acceptors (Lipinski definition) is 4. The highest BCUT2D eigenvalue weighted by Gasteiger charge is 2.73. The second-order valence-corrected chi connectivity index (χ2v) is 3.91. The van der Waals surface area contributed by atoms with Gasteiger partial charge in [-0.15, -0.1) is 0 Å². The maximum atomic E-state index is 13.3. The van der Waals surface area contributed by atoms with Crippen LogP contribution in [0, 0.1) is 15.9 Å². The third-order valence-electron chi connectivity index (χ3n) is 2.62. The Bertz CT molecular complexity index is 723. The first-order valence-corrected chi connectivity index (χ1v) is 4.97. The van der Waals surface area contributed by atoms with E-state index in [1.807, 2.05) is 0 Å². The molecule has 1 heterocycles. The van der Waals surface area contributed by atoms with Gasteiger partial charge in [0.05, 0.1) is 4.92 Å². The summed E-state index contributed by atoms with van der Waals surface area (Å²) in [5.41, 5.74) is -6.15. The maximum absolute atomic E-state index is 13.3. The molecule has 12 heteroatoms. The van der Waals surface area contributed by atoms with Crippen molar-refractivity contribution in [1.82, 2.24) is 0 Å². The van der Waals surface area contributed by atoms with E-state index in [1.165, 1.54) is 0 Å². The van der Waals surface area contributed by atoms with Crippen LogP contribution in [-0.2, 0) is 0 Å². The zero-order valence-electron chi connectivity index (χ0n) is 9.46. The summed E-state index contributed by atoms with van der Waals surface area (Å²) in [5, 5.41) is 7.76. The van der Waals surface area contributed by atoms with Crippen molar-refractivity contribution in [2.75, 3.05) is 0 Å². The Kier molecular flexibility index (Phi) is 2.96. The quantitative estimate of drug-likeness (QED) is 0.450. The number of alkyl halides is 6. The smallest absolute Gasteiger partial charge is 0.258 e. The number of non-ortho nitro benzene ring substituents is 1. The van der Waals surface area contributed by atoms with Crippen LogP contribution in [0.1, 0.15) is 0 Å². The molecule has 0 radical (unpaired) electrons. The largest absolute Gasteiger partial charge is 0.443 e. The summed E-state index contributed by atoms with van der Waals surface area (Å²) >= 11 is 0. The van der Waals surface area contributed by atoms with Gasteiger partial charge in [0.15, 0.2) is 11.2 Å². The van der Waals surface area contributed by atoms with Crippen LogP contribution in [0.25, 0.3) is 0 Å². The van der Waals surface area contributed by atoms with Crippen LogP contribution < -0.4 is 10.7 Å². The Balaban J connectivity index is 2.94. The number of halogens is 7. The average molecular weight is 317 g/mol. The standard InChI is InChI=1S/C9H2F7N3O2/c10-3-1-2-4(19(20)21)6-5(3)17-7(18-6,8(11,12)13)9(14,15)16/h1-2H. The molecule has 0 aliphatic carbocycles. The molecule has 114 valence electrons. The van der Waals surface area contributed by atoms with Gasteiger partial charge in [-0.3, -0.25) is 10.1 Å². The van der Waals surface area contributed by atoms with Gasteiger partial charge >= 0.3 is 18.0 Å². The summed E-state index contributed by atoms with van der Waals surface area (Å²) in [5.74, 6) is -1.57. The fourth-order valence-electron chi connectivity index (χ4n) is 1.67. The number of hydrogen-bond donors (Lipinski definition) is 0.